The van der Waals surface area contributed by atoms with Crippen LogP contribution in [-0.4, -0.2) is 38.2 Å². The SMILES string of the molecule is CNC1CCC2(CC1OCc1ccccc1)OCCO2. The van der Waals surface area contributed by atoms with Crippen molar-refractivity contribution in [1.82, 2.24) is 5.32 Å². The monoisotopic (exact) mass is 277 g/mol. The van der Waals surface area contributed by atoms with Crippen molar-refractivity contribution in [2.75, 3.05) is 20.3 Å². The molecule has 1 aromatic rings. The fourth-order valence-corrected chi connectivity index (χ4v) is 3.15. The van der Waals surface area contributed by atoms with Crippen LogP contribution < -0.4 is 5.32 Å². The summed E-state index contributed by atoms with van der Waals surface area (Å²) in [6.07, 6.45) is 2.91. The van der Waals surface area contributed by atoms with Gasteiger partial charge in [-0.15, -0.1) is 0 Å². The summed E-state index contributed by atoms with van der Waals surface area (Å²) in [6, 6.07) is 10.7. The van der Waals surface area contributed by atoms with Crippen molar-refractivity contribution in [3.8, 4) is 0 Å². The fraction of sp³-hybridized carbons (Fsp3) is 0.625. The van der Waals surface area contributed by atoms with Crippen molar-refractivity contribution in [2.24, 2.45) is 0 Å². The van der Waals surface area contributed by atoms with Gasteiger partial charge in [-0.05, 0) is 19.0 Å². The standard InChI is InChI=1S/C16H23NO3/c1-17-14-7-8-16(19-9-10-20-16)11-15(14)18-12-13-5-3-2-4-6-13/h2-6,14-15,17H,7-12H2,1H3. The number of benzene rings is 1. The van der Waals surface area contributed by atoms with Gasteiger partial charge >= 0.3 is 0 Å². The maximum atomic E-state index is 6.14. The number of ether oxygens (including phenoxy) is 3. The largest absolute Gasteiger partial charge is 0.372 e. The molecule has 110 valence electrons. The summed E-state index contributed by atoms with van der Waals surface area (Å²) in [5.74, 6) is -0.394. The third-order valence-electron chi connectivity index (χ3n) is 4.29. The van der Waals surface area contributed by atoms with E-state index in [9.17, 15) is 0 Å². The first-order chi connectivity index (χ1) is 9.81. The van der Waals surface area contributed by atoms with Crippen molar-refractivity contribution in [3.63, 3.8) is 0 Å². The Kier molecular flexibility index (Phi) is 4.36. The lowest BCUT2D eigenvalue weighted by atomic mass is 9.87. The van der Waals surface area contributed by atoms with E-state index in [0.717, 1.165) is 19.3 Å². The predicted molar refractivity (Wildman–Crippen MR) is 76.4 cm³/mol. The summed E-state index contributed by atoms with van der Waals surface area (Å²) in [5.41, 5.74) is 1.20. The normalized spacial score (nSPS) is 28.9. The minimum atomic E-state index is -0.394. The summed E-state index contributed by atoms with van der Waals surface area (Å²) in [6.45, 7) is 2.05. The van der Waals surface area contributed by atoms with Crippen LogP contribution in [0, 0.1) is 0 Å². The molecule has 1 saturated carbocycles. The Hall–Kier alpha value is -0.940. The highest BCUT2D eigenvalue weighted by Gasteiger charge is 2.45. The van der Waals surface area contributed by atoms with Gasteiger partial charge < -0.3 is 19.5 Å². The predicted octanol–water partition coefficient (Wildman–Crippen LogP) is 2.09. The van der Waals surface area contributed by atoms with Crippen molar-refractivity contribution in [2.45, 2.75) is 43.8 Å². The Morgan fingerprint density at radius 3 is 2.70 bits per heavy atom. The summed E-state index contributed by atoms with van der Waals surface area (Å²) in [5, 5.41) is 3.36. The summed E-state index contributed by atoms with van der Waals surface area (Å²) >= 11 is 0. The van der Waals surface area contributed by atoms with E-state index in [1.54, 1.807) is 0 Å². The minimum absolute atomic E-state index is 0.132. The first-order valence-corrected chi connectivity index (χ1v) is 7.42. The van der Waals surface area contributed by atoms with Gasteiger partial charge in [0.1, 0.15) is 0 Å². The lowest BCUT2D eigenvalue weighted by Gasteiger charge is -2.40. The first kappa shape index (κ1) is 14.0. The van der Waals surface area contributed by atoms with Crippen LogP contribution in [0.25, 0.3) is 0 Å². The van der Waals surface area contributed by atoms with Crippen molar-refractivity contribution in [1.29, 1.82) is 0 Å². The number of hydrogen-bond donors (Lipinski definition) is 1. The number of likely N-dealkylation sites (N-methyl/N-ethyl adjacent to an activating group) is 1. The highest BCUT2D eigenvalue weighted by atomic mass is 16.7. The smallest absolute Gasteiger partial charge is 0.171 e. The van der Waals surface area contributed by atoms with Gasteiger partial charge in [0.2, 0.25) is 0 Å². The molecule has 20 heavy (non-hydrogen) atoms. The molecule has 1 heterocycles. The molecule has 2 unspecified atom stereocenters. The second-order valence-corrected chi connectivity index (χ2v) is 5.58. The third kappa shape index (κ3) is 3.04. The summed E-state index contributed by atoms with van der Waals surface area (Å²) in [7, 11) is 2.00. The van der Waals surface area contributed by atoms with Gasteiger partial charge in [-0.25, -0.2) is 0 Å². The van der Waals surface area contributed by atoms with E-state index in [-0.39, 0.29) is 6.10 Å². The topological polar surface area (TPSA) is 39.7 Å². The Morgan fingerprint density at radius 1 is 1.25 bits per heavy atom. The maximum absolute atomic E-state index is 6.14. The van der Waals surface area contributed by atoms with Crippen LogP contribution in [0.2, 0.25) is 0 Å². The van der Waals surface area contributed by atoms with E-state index in [1.807, 2.05) is 25.2 Å². The number of hydrogen-bond acceptors (Lipinski definition) is 4. The summed E-state index contributed by atoms with van der Waals surface area (Å²) in [4.78, 5) is 0. The Morgan fingerprint density at radius 2 is 2.00 bits per heavy atom. The highest BCUT2D eigenvalue weighted by Crippen LogP contribution is 2.37. The lowest BCUT2D eigenvalue weighted by molar-refractivity contribution is -0.208. The molecule has 1 spiro atoms. The Labute approximate surface area is 120 Å². The van der Waals surface area contributed by atoms with E-state index < -0.39 is 5.79 Å². The Bertz CT molecular complexity index is 417. The summed E-state index contributed by atoms with van der Waals surface area (Å²) < 4.78 is 17.8. The van der Waals surface area contributed by atoms with Gasteiger partial charge in [-0.1, -0.05) is 30.3 Å². The van der Waals surface area contributed by atoms with Gasteiger partial charge in [0.05, 0.1) is 25.9 Å². The van der Waals surface area contributed by atoms with Crippen LogP contribution in [0.5, 0.6) is 0 Å². The van der Waals surface area contributed by atoms with Crippen molar-refractivity contribution in [3.05, 3.63) is 35.9 Å². The molecule has 0 amide bonds. The number of rotatable bonds is 4. The fourth-order valence-electron chi connectivity index (χ4n) is 3.15. The van der Waals surface area contributed by atoms with Gasteiger partial charge in [-0.3, -0.25) is 0 Å². The lowest BCUT2D eigenvalue weighted by Crippen LogP contribution is -2.51. The zero-order valence-corrected chi connectivity index (χ0v) is 12.0. The average molecular weight is 277 g/mol. The molecular formula is C16H23NO3. The van der Waals surface area contributed by atoms with Crippen LogP contribution in [-0.2, 0) is 20.8 Å². The molecule has 0 aromatic heterocycles. The minimum Gasteiger partial charge on any atom is -0.372 e. The molecule has 4 nitrogen and oxygen atoms in total. The molecule has 3 rings (SSSR count). The van der Waals surface area contributed by atoms with Crippen LogP contribution >= 0.6 is 0 Å². The molecule has 2 atom stereocenters. The van der Waals surface area contributed by atoms with E-state index >= 15 is 0 Å². The van der Waals surface area contributed by atoms with Gasteiger partial charge in [-0.2, -0.15) is 0 Å². The zero-order chi connectivity index (χ0) is 13.8. The van der Waals surface area contributed by atoms with Crippen LogP contribution in [0.4, 0.5) is 0 Å². The van der Waals surface area contributed by atoms with Crippen LogP contribution in [0.15, 0.2) is 30.3 Å². The second kappa shape index (κ2) is 6.22. The second-order valence-electron chi connectivity index (χ2n) is 5.58. The zero-order valence-electron chi connectivity index (χ0n) is 12.0. The van der Waals surface area contributed by atoms with Gasteiger partial charge in [0, 0.05) is 18.9 Å². The molecule has 1 N–H and O–H groups in total. The molecule has 0 bridgehead atoms. The maximum Gasteiger partial charge on any atom is 0.171 e. The van der Waals surface area contributed by atoms with Crippen molar-refractivity contribution < 1.29 is 14.2 Å². The molecule has 2 fully saturated rings. The molecular weight excluding hydrogens is 254 g/mol. The highest BCUT2D eigenvalue weighted by molar-refractivity contribution is 5.13. The third-order valence-corrected chi connectivity index (χ3v) is 4.29. The van der Waals surface area contributed by atoms with Crippen LogP contribution in [0.1, 0.15) is 24.8 Å². The molecule has 1 aliphatic carbocycles. The van der Waals surface area contributed by atoms with E-state index in [2.05, 4.69) is 17.4 Å². The molecule has 0 radical (unpaired) electrons. The van der Waals surface area contributed by atoms with Crippen molar-refractivity contribution >= 4 is 0 Å². The Balaban J connectivity index is 1.62. The van der Waals surface area contributed by atoms with E-state index in [0.29, 0.717) is 25.9 Å². The van der Waals surface area contributed by atoms with Gasteiger partial charge in [0.15, 0.2) is 5.79 Å². The quantitative estimate of drug-likeness (QED) is 0.915. The van der Waals surface area contributed by atoms with Crippen LogP contribution in [0.3, 0.4) is 0 Å². The molecule has 4 heteroatoms. The van der Waals surface area contributed by atoms with E-state index in [1.165, 1.54) is 5.56 Å². The number of nitrogens with one attached hydrogen (secondary N) is 1. The van der Waals surface area contributed by atoms with Gasteiger partial charge in [0.25, 0.3) is 0 Å². The molecule has 2 aliphatic rings. The molecule has 1 aromatic carbocycles. The molecule has 1 saturated heterocycles. The molecule has 1 aliphatic heterocycles. The van der Waals surface area contributed by atoms with E-state index in [4.69, 9.17) is 14.2 Å². The first-order valence-electron chi connectivity index (χ1n) is 7.42. The average Bonchev–Trinajstić information content (AvgIpc) is 2.94.